The van der Waals surface area contributed by atoms with Gasteiger partial charge < -0.3 is 5.11 Å². The number of hydrogen-bond donors (Lipinski definition) is 1. The maximum Gasteiger partial charge on any atom is 0.151 e. The Morgan fingerprint density at radius 3 is 2.62 bits per heavy atom. The average Bonchev–Trinajstić information content (AvgIpc) is 2.50. The van der Waals surface area contributed by atoms with Crippen molar-refractivity contribution in [3.05, 3.63) is 44.9 Å². The molecule has 0 aliphatic carbocycles. The van der Waals surface area contributed by atoms with Crippen LogP contribution in [0.1, 0.15) is 53.2 Å². The Morgan fingerprint density at radius 2 is 2.00 bits per heavy atom. The third-order valence-electron chi connectivity index (χ3n) is 4.07. The molecule has 0 atom stereocenters. The van der Waals surface area contributed by atoms with Crippen LogP contribution in [0.5, 0.6) is 0 Å². The Morgan fingerprint density at radius 1 is 1.24 bits per heavy atom. The lowest BCUT2D eigenvalue weighted by Gasteiger charge is -2.16. The first-order valence-corrected chi connectivity index (χ1v) is 8.22. The summed E-state index contributed by atoms with van der Waals surface area (Å²) in [7, 11) is 0. The molecule has 2 rings (SSSR count). The summed E-state index contributed by atoms with van der Waals surface area (Å²) in [6.45, 7) is 4.24. The molecule has 2 aromatic carbocycles. The predicted octanol–water partition coefficient (Wildman–Crippen LogP) is 4.95. The van der Waals surface area contributed by atoms with Gasteiger partial charge in [-0.1, -0.05) is 31.9 Å². The fourth-order valence-corrected chi connectivity index (χ4v) is 3.56. The van der Waals surface area contributed by atoms with Gasteiger partial charge in [-0.15, -0.1) is 0 Å². The van der Waals surface area contributed by atoms with Crippen LogP contribution in [0.15, 0.2) is 22.7 Å². The number of aldehydes is 1. The van der Waals surface area contributed by atoms with Gasteiger partial charge in [0.25, 0.3) is 0 Å². The Kier molecular flexibility index (Phi) is 5.54. The van der Waals surface area contributed by atoms with E-state index in [2.05, 4.69) is 22.9 Å². The van der Waals surface area contributed by atoms with Crippen molar-refractivity contribution in [3.8, 4) is 0 Å². The number of halogens is 1. The molecule has 21 heavy (non-hydrogen) atoms. The maximum atomic E-state index is 11.4. The van der Waals surface area contributed by atoms with Crippen molar-refractivity contribution in [2.45, 2.75) is 46.1 Å². The van der Waals surface area contributed by atoms with Crippen LogP contribution in [0, 0.1) is 6.92 Å². The van der Waals surface area contributed by atoms with Gasteiger partial charge in [0.15, 0.2) is 6.29 Å². The van der Waals surface area contributed by atoms with Gasteiger partial charge in [-0.2, -0.15) is 0 Å². The Labute approximate surface area is 134 Å². The zero-order valence-electron chi connectivity index (χ0n) is 12.6. The second-order valence-electron chi connectivity index (χ2n) is 5.44. The third-order valence-corrected chi connectivity index (χ3v) is 4.92. The van der Waals surface area contributed by atoms with E-state index >= 15 is 0 Å². The zero-order valence-corrected chi connectivity index (χ0v) is 14.2. The van der Waals surface area contributed by atoms with Gasteiger partial charge in [0, 0.05) is 10.0 Å². The highest BCUT2D eigenvalue weighted by atomic mass is 79.9. The van der Waals surface area contributed by atoms with E-state index in [1.54, 1.807) is 0 Å². The van der Waals surface area contributed by atoms with Gasteiger partial charge in [-0.3, -0.25) is 4.79 Å². The van der Waals surface area contributed by atoms with E-state index in [0.717, 1.165) is 51.1 Å². The van der Waals surface area contributed by atoms with Crippen LogP contribution in [0.25, 0.3) is 10.8 Å². The SMILES string of the molecule is CCCCCc1c(C)c(C=O)c(Br)c2ccc(CO)cc12. The van der Waals surface area contributed by atoms with Gasteiger partial charge in [0.1, 0.15) is 0 Å². The molecular weight excluding hydrogens is 328 g/mol. The highest BCUT2D eigenvalue weighted by Gasteiger charge is 2.15. The first-order chi connectivity index (χ1) is 10.1. The molecule has 0 bridgehead atoms. The van der Waals surface area contributed by atoms with Crippen molar-refractivity contribution in [3.63, 3.8) is 0 Å². The Hall–Kier alpha value is -1.19. The lowest BCUT2D eigenvalue weighted by Crippen LogP contribution is -2.00. The lowest BCUT2D eigenvalue weighted by molar-refractivity contribution is 0.112. The number of aliphatic hydroxyl groups is 1. The highest BCUT2D eigenvalue weighted by molar-refractivity contribution is 9.10. The number of unbranched alkanes of at least 4 members (excludes halogenated alkanes) is 2. The number of aryl methyl sites for hydroxylation is 1. The van der Waals surface area contributed by atoms with E-state index < -0.39 is 0 Å². The number of hydrogen-bond acceptors (Lipinski definition) is 2. The van der Waals surface area contributed by atoms with Crippen LogP contribution in [0.4, 0.5) is 0 Å². The Bertz CT molecular complexity index is 662. The summed E-state index contributed by atoms with van der Waals surface area (Å²) in [6, 6.07) is 5.94. The van der Waals surface area contributed by atoms with E-state index in [0.29, 0.717) is 0 Å². The molecule has 3 heteroatoms. The molecule has 0 radical (unpaired) electrons. The van der Waals surface area contributed by atoms with Crippen LogP contribution in [-0.2, 0) is 13.0 Å². The molecule has 1 N–H and O–H groups in total. The number of carbonyl (C=O) groups excluding carboxylic acids is 1. The van der Waals surface area contributed by atoms with E-state index in [1.807, 2.05) is 25.1 Å². The van der Waals surface area contributed by atoms with Crippen molar-refractivity contribution in [1.29, 1.82) is 0 Å². The first kappa shape index (κ1) is 16.2. The third kappa shape index (κ3) is 3.19. The fraction of sp³-hybridized carbons (Fsp3) is 0.389. The standard InChI is InChI=1S/C18H21BrO2/c1-3-4-5-6-14-12(2)17(11-21)18(19)15-8-7-13(10-20)9-16(14)15/h7-9,11,20H,3-6,10H2,1-2H3. The van der Waals surface area contributed by atoms with E-state index in [1.165, 1.54) is 18.4 Å². The van der Waals surface area contributed by atoms with Gasteiger partial charge >= 0.3 is 0 Å². The minimum Gasteiger partial charge on any atom is -0.392 e. The van der Waals surface area contributed by atoms with Crippen molar-refractivity contribution in [2.75, 3.05) is 0 Å². The summed E-state index contributed by atoms with van der Waals surface area (Å²) < 4.78 is 0.855. The average molecular weight is 349 g/mol. The van der Waals surface area contributed by atoms with E-state index in [4.69, 9.17) is 0 Å². The van der Waals surface area contributed by atoms with Crippen LogP contribution < -0.4 is 0 Å². The van der Waals surface area contributed by atoms with Crippen molar-refractivity contribution in [2.24, 2.45) is 0 Å². The molecule has 0 saturated heterocycles. The van der Waals surface area contributed by atoms with Gasteiger partial charge in [0.05, 0.1) is 6.61 Å². The minimum absolute atomic E-state index is 0.0381. The summed E-state index contributed by atoms with van der Waals surface area (Å²) in [6.07, 6.45) is 5.39. The summed E-state index contributed by atoms with van der Waals surface area (Å²) >= 11 is 3.56. The van der Waals surface area contributed by atoms with Gasteiger partial charge in [-0.05, 0) is 69.2 Å². The fourth-order valence-electron chi connectivity index (χ4n) is 2.82. The predicted molar refractivity (Wildman–Crippen MR) is 90.9 cm³/mol. The molecule has 2 nitrogen and oxygen atoms in total. The van der Waals surface area contributed by atoms with E-state index in [9.17, 15) is 9.90 Å². The van der Waals surface area contributed by atoms with Gasteiger partial charge in [-0.25, -0.2) is 0 Å². The topological polar surface area (TPSA) is 37.3 Å². The van der Waals surface area contributed by atoms with Crippen LogP contribution in [-0.4, -0.2) is 11.4 Å². The number of benzene rings is 2. The molecule has 0 fully saturated rings. The normalized spacial score (nSPS) is 11.0. The van der Waals surface area contributed by atoms with Gasteiger partial charge in [0.2, 0.25) is 0 Å². The number of fused-ring (bicyclic) bond motifs is 1. The molecule has 0 spiro atoms. The molecule has 2 aromatic rings. The van der Waals surface area contributed by atoms with Crippen molar-refractivity contribution >= 4 is 33.0 Å². The molecular formula is C18H21BrO2. The van der Waals surface area contributed by atoms with Crippen LogP contribution in [0.2, 0.25) is 0 Å². The summed E-state index contributed by atoms with van der Waals surface area (Å²) in [5, 5.41) is 11.6. The highest BCUT2D eigenvalue weighted by Crippen LogP contribution is 2.35. The monoisotopic (exact) mass is 348 g/mol. The van der Waals surface area contributed by atoms with Crippen LogP contribution in [0.3, 0.4) is 0 Å². The summed E-state index contributed by atoms with van der Waals surface area (Å²) in [5.41, 5.74) is 3.93. The van der Waals surface area contributed by atoms with Crippen LogP contribution >= 0.6 is 15.9 Å². The molecule has 0 aliphatic heterocycles. The molecule has 0 unspecified atom stereocenters. The Balaban J connectivity index is 2.68. The summed E-state index contributed by atoms with van der Waals surface area (Å²) in [4.78, 5) is 11.4. The molecule has 0 heterocycles. The number of aliphatic hydroxyl groups excluding tert-OH is 1. The molecule has 0 aromatic heterocycles. The quantitative estimate of drug-likeness (QED) is 0.592. The molecule has 0 aliphatic rings. The maximum absolute atomic E-state index is 11.4. The first-order valence-electron chi connectivity index (χ1n) is 7.43. The minimum atomic E-state index is 0.0381. The number of carbonyl (C=O) groups is 1. The second-order valence-corrected chi connectivity index (χ2v) is 6.24. The molecule has 0 amide bonds. The lowest BCUT2D eigenvalue weighted by atomic mass is 9.91. The number of rotatable bonds is 6. The largest absolute Gasteiger partial charge is 0.392 e. The van der Waals surface area contributed by atoms with E-state index in [-0.39, 0.29) is 6.61 Å². The zero-order chi connectivity index (χ0) is 15.4. The molecule has 112 valence electrons. The van der Waals surface area contributed by atoms with Crippen molar-refractivity contribution in [1.82, 2.24) is 0 Å². The summed E-state index contributed by atoms with van der Waals surface area (Å²) in [5.74, 6) is 0. The smallest absolute Gasteiger partial charge is 0.151 e. The molecule has 0 saturated carbocycles. The van der Waals surface area contributed by atoms with Crippen molar-refractivity contribution < 1.29 is 9.90 Å². The second kappa shape index (κ2) is 7.19.